The van der Waals surface area contributed by atoms with Crippen LogP contribution in [0.1, 0.15) is 15.9 Å². The Morgan fingerprint density at radius 1 is 0.946 bits per heavy atom. The molecule has 3 aromatic carbocycles. The molecule has 0 unspecified atom stereocenters. The Bertz CT molecular complexity index is 1560. The third-order valence-electron chi connectivity index (χ3n) is 5.58. The van der Waals surface area contributed by atoms with E-state index in [4.69, 9.17) is 23.2 Å². The predicted molar refractivity (Wildman–Crippen MR) is 147 cm³/mol. The number of rotatable bonds is 6. The molecule has 2 N–H and O–H groups in total. The molecule has 7 nitrogen and oxygen atoms in total. The first-order valence-corrected chi connectivity index (χ1v) is 12.7. The molecule has 3 amide bonds. The van der Waals surface area contributed by atoms with Crippen molar-refractivity contribution in [2.24, 2.45) is 0 Å². The second kappa shape index (κ2) is 10.2. The van der Waals surface area contributed by atoms with Crippen LogP contribution in [0.15, 0.2) is 88.9 Å². The van der Waals surface area contributed by atoms with Gasteiger partial charge in [-0.15, -0.1) is 11.3 Å². The maximum Gasteiger partial charge on any atom is 0.283 e. The lowest BCUT2D eigenvalue weighted by atomic mass is 10.2. The maximum absolute atomic E-state index is 13.0. The smallest absolute Gasteiger partial charge is 0.283 e. The number of anilines is 3. The van der Waals surface area contributed by atoms with E-state index >= 15 is 0 Å². The predicted octanol–water partition coefficient (Wildman–Crippen LogP) is 6.46. The Morgan fingerprint density at radius 2 is 1.68 bits per heavy atom. The molecular formula is C27H18Cl2N4O3S. The zero-order chi connectivity index (χ0) is 26.1. The third kappa shape index (κ3) is 5.13. The van der Waals surface area contributed by atoms with Crippen LogP contribution in [0.25, 0.3) is 11.3 Å². The summed E-state index contributed by atoms with van der Waals surface area (Å²) in [7, 11) is 0. The first-order valence-electron chi connectivity index (χ1n) is 11.1. The highest BCUT2D eigenvalue weighted by molar-refractivity contribution is 7.14. The molecule has 5 rings (SSSR count). The Morgan fingerprint density at radius 3 is 2.41 bits per heavy atom. The van der Waals surface area contributed by atoms with Crippen LogP contribution in [0.4, 0.5) is 16.5 Å². The van der Waals surface area contributed by atoms with Crippen LogP contribution >= 0.6 is 34.5 Å². The van der Waals surface area contributed by atoms with Gasteiger partial charge in [-0.1, -0.05) is 59.1 Å². The minimum Gasteiger partial charge on any atom is -0.350 e. The first-order chi connectivity index (χ1) is 17.8. The molecule has 1 aromatic heterocycles. The number of hydrogen-bond acceptors (Lipinski definition) is 6. The van der Waals surface area contributed by atoms with E-state index in [-0.39, 0.29) is 16.6 Å². The SMILES string of the molecule is Cc1ccc(N2C(=O)C(Cl)=C(Nc3cccc(C(=O)Nc4nc(-c5ccc(Cl)cc5)cs4)c3)C2=O)cc1. The number of benzene rings is 3. The van der Waals surface area contributed by atoms with Gasteiger partial charge >= 0.3 is 0 Å². The van der Waals surface area contributed by atoms with Gasteiger partial charge in [-0.3, -0.25) is 19.7 Å². The molecule has 184 valence electrons. The van der Waals surface area contributed by atoms with Crippen molar-refractivity contribution in [2.45, 2.75) is 6.92 Å². The van der Waals surface area contributed by atoms with Gasteiger partial charge in [0.15, 0.2) is 5.13 Å². The van der Waals surface area contributed by atoms with Gasteiger partial charge in [0.05, 0.1) is 11.4 Å². The Labute approximate surface area is 226 Å². The normalized spacial score (nSPS) is 13.3. The van der Waals surface area contributed by atoms with E-state index in [0.29, 0.717) is 27.1 Å². The summed E-state index contributed by atoms with van der Waals surface area (Å²) < 4.78 is 0. The number of amides is 3. The fourth-order valence-corrected chi connectivity index (χ4v) is 4.73. The van der Waals surface area contributed by atoms with Crippen molar-refractivity contribution in [1.29, 1.82) is 0 Å². The quantitative estimate of drug-likeness (QED) is 0.270. The summed E-state index contributed by atoms with van der Waals surface area (Å²) in [5.41, 5.74) is 3.71. The fourth-order valence-electron chi connectivity index (χ4n) is 3.68. The zero-order valence-electron chi connectivity index (χ0n) is 19.3. The van der Waals surface area contributed by atoms with Gasteiger partial charge < -0.3 is 5.32 Å². The van der Waals surface area contributed by atoms with E-state index in [1.165, 1.54) is 11.3 Å². The Hall–Kier alpha value is -3.98. The summed E-state index contributed by atoms with van der Waals surface area (Å²) in [6.07, 6.45) is 0. The zero-order valence-corrected chi connectivity index (χ0v) is 21.6. The van der Waals surface area contributed by atoms with Gasteiger partial charge in [0, 0.05) is 27.2 Å². The molecule has 0 aliphatic carbocycles. The maximum atomic E-state index is 13.0. The minimum absolute atomic E-state index is 0.0580. The van der Waals surface area contributed by atoms with Crippen molar-refractivity contribution in [3.8, 4) is 11.3 Å². The molecule has 2 heterocycles. The van der Waals surface area contributed by atoms with Crippen molar-refractivity contribution in [3.05, 3.63) is 105 Å². The number of thiazole rings is 1. The highest BCUT2D eigenvalue weighted by atomic mass is 35.5. The molecule has 1 aliphatic heterocycles. The standard InChI is InChI=1S/C27H18Cl2N4O3S/c1-15-5-11-20(12-6-15)33-25(35)22(29)23(26(33)36)30-19-4-2-3-17(13-19)24(34)32-27-31-21(14-37-27)16-7-9-18(28)10-8-16/h2-14,30H,1H3,(H,31,32,34). The molecule has 0 spiro atoms. The number of carbonyl (C=O) groups is 3. The molecule has 4 aromatic rings. The van der Waals surface area contributed by atoms with Crippen molar-refractivity contribution in [1.82, 2.24) is 4.98 Å². The second-order valence-corrected chi connectivity index (χ2v) is 9.85. The lowest BCUT2D eigenvalue weighted by Crippen LogP contribution is -2.32. The van der Waals surface area contributed by atoms with Crippen LogP contribution in [0.5, 0.6) is 0 Å². The topological polar surface area (TPSA) is 91.4 Å². The van der Waals surface area contributed by atoms with E-state index in [2.05, 4.69) is 15.6 Å². The number of aromatic nitrogens is 1. The van der Waals surface area contributed by atoms with Crippen LogP contribution < -0.4 is 15.5 Å². The van der Waals surface area contributed by atoms with Crippen molar-refractivity contribution >= 4 is 68.8 Å². The van der Waals surface area contributed by atoms with Crippen molar-refractivity contribution < 1.29 is 14.4 Å². The van der Waals surface area contributed by atoms with Crippen LogP contribution in [0.3, 0.4) is 0 Å². The second-order valence-electron chi connectivity index (χ2n) is 8.17. The Balaban J connectivity index is 1.30. The van der Waals surface area contributed by atoms with Gasteiger partial charge in [0.2, 0.25) is 0 Å². The number of carbonyl (C=O) groups excluding carboxylic acids is 3. The summed E-state index contributed by atoms with van der Waals surface area (Å²) in [5, 5.41) is 8.37. The average Bonchev–Trinajstić information content (AvgIpc) is 3.44. The lowest BCUT2D eigenvalue weighted by Gasteiger charge is -2.15. The number of hydrogen-bond donors (Lipinski definition) is 2. The Kier molecular flexibility index (Phi) is 6.80. The summed E-state index contributed by atoms with van der Waals surface area (Å²) >= 11 is 13.5. The van der Waals surface area contributed by atoms with Gasteiger partial charge in [0.1, 0.15) is 10.7 Å². The molecule has 0 saturated carbocycles. The van der Waals surface area contributed by atoms with E-state index in [1.807, 2.05) is 24.4 Å². The number of aryl methyl sites for hydroxylation is 1. The van der Waals surface area contributed by atoms with E-state index in [0.717, 1.165) is 21.7 Å². The van der Waals surface area contributed by atoms with E-state index < -0.39 is 11.8 Å². The number of nitrogens with zero attached hydrogens (tertiary/aromatic N) is 2. The molecule has 0 fully saturated rings. The highest BCUT2D eigenvalue weighted by Crippen LogP contribution is 2.31. The van der Waals surface area contributed by atoms with Gasteiger partial charge in [-0.2, -0.15) is 0 Å². The van der Waals surface area contributed by atoms with Crippen LogP contribution in [-0.4, -0.2) is 22.7 Å². The van der Waals surface area contributed by atoms with Crippen LogP contribution in [0.2, 0.25) is 5.02 Å². The summed E-state index contributed by atoms with van der Waals surface area (Å²) in [6.45, 7) is 1.91. The van der Waals surface area contributed by atoms with E-state index in [9.17, 15) is 14.4 Å². The van der Waals surface area contributed by atoms with Gasteiger partial charge in [-0.25, -0.2) is 9.88 Å². The first kappa shape index (κ1) is 24.7. The van der Waals surface area contributed by atoms with Crippen molar-refractivity contribution in [3.63, 3.8) is 0 Å². The highest BCUT2D eigenvalue weighted by Gasteiger charge is 2.39. The molecule has 0 atom stereocenters. The monoisotopic (exact) mass is 548 g/mol. The molecular weight excluding hydrogens is 531 g/mol. The van der Waals surface area contributed by atoms with Gasteiger partial charge in [-0.05, 0) is 49.4 Å². The lowest BCUT2D eigenvalue weighted by molar-refractivity contribution is -0.120. The minimum atomic E-state index is -0.618. The number of halogens is 2. The number of nitrogens with one attached hydrogen (secondary N) is 2. The molecule has 37 heavy (non-hydrogen) atoms. The summed E-state index contributed by atoms with van der Waals surface area (Å²) in [5.74, 6) is -1.57. The summed E-state index contributed by atoms with van der Waals surface area (Å²) in [6, 6.07) is 20.7. The van der Waals surface area contributed by atoms with Crippen LogP contribution in [0, 0.1) is 6.92 Å². The molecule has 0 radical (unpaired) electrons. The largest absolute Gasteiger partial charge is 0.350 e. The summed E-state index contributed by atoms with van der Waals surface area (Å²) in [4.78, 5) is 44.1. The average molecular weight is 549 g/mol. The van der Waals surface area contributed by atoms with Gasteiger partial charge in [0.25, 0.3) is 17.7 Å². The molecule has 0 saturated heterocycles. The van der Waals surface area contributed by atoms with Crippen molar-refractivity contribution in [2.75, 3.05) is 15.5 Å². The van der Waals surface area contributed by atoms with Crippen LogP contribution in [-0.2, 0) is 9.59 Å². The molecule has 1 aliphatic rings. The fraction of sp³-hybridized carbons (Fsp3) is 0.0370. The molecule has 10 heteroatoms. The van der Waals surface area contributed by atoms with E-state index in [1.54, 1.807) is 60.7 Å². The number of imide groups is 1. The third-order valence-corrected chi connectivity index (χ3v) is 6.94. The molecule has 0 bridgehead atoms.